The summed E-state index contributed by atoms with van der Waals surface area (Å²) < 4.78 is 30.4. The van der Waals surface area contributed by atoms with Crippen molar-refractivity contribution in [2.45, 2.75) is 44.7 Å². The van der Waals surface area contributed by atoms with Gasteiger partial charge in [-0.1, -0.05) is 6.92 Å². The van der Waals surface area contributed by atoms with Gasteiger partial charge in [0.05, 0.1) is 34.9 Å². The molecule has 0 spiro atoms. The topological polar surface area (TPSA) is 130 Å². The molecule has 1 aromatic carbocycles. The lowest BCUT2D eigenvalue weighted by Gasteiger charge is -2.39. The third-order valence-corrected chi connectivity index (χ3v) is 6.87. The summed E-state index contributed by atoms with van der Waals surface area (Å²) in [5.41, 5.74) is 8.49. The number of nitrogens with two attached hydrogens (primary N) is 1. The molecule has 1 aliphatic rings. The first-order valence-corrected chi connectivity index (χ1v) is 12.0. The highest BCUT2D eigenvalue weighted by atomic mass is 19.1. The van der Waals surface area contributed by atoms with E-state index in [0.29, 0.717) is 23.6 Å². The average Bonchev–Trinajstić information content (AvgIpc) is 3.23. The molecule has 3 aromatic heterocycles. The van der Waals surface area contributed by atoms with E-state index in [4.69, 9.17) is 5.73 Å². The molecule has 11 heteroatoms. The Morgan fingerprint density at radius 3 is 2.62 bits per heavy atom. The van der Waals surface area contributed by atoms with E-state index in [1.54, 1.807) is 24.7 Å². The number of carbonyl (C=O) groups is 1. The molecule has 1 amide bonds. The van der Waals surface area contributed by atoms with Crippen molar-refractivity contribution in [1.82, 2.24) is 24.9 Å². The van der Waals surface area contributed by atoms with Crippen molar-refractivity contribution in [3.63, 3.8) is 0 Å². The van der Waals surface area contributed by atoms with Crippen LogP contribution in [0, 0.1) is 17.6 Å². The van der Waals surface area contributed by atoms with Crippen LogP contribution in [-0.2, 0) is 4.79 Å². The van der Waals surface area contributed by atoms with Crippen LogP contribution in [0.3, 0.4) is 0 Å². The number of phenols is 1. The Labute approximate surface area is 211 Å². The van der Waals surface area contributed by atoms with Crippen molar-refractivity contribution >= 4 is 23.1 Å². The number of anilines is 2. The van der Waals surface area contributed by atoms with E-state index in [1.165, 1.54) is 17.5 Å². The minimum atomic E-state index is -0.922. The first kappa shape index (κ1) is 24.6. The van der Waals surface area contributed by atoms with Crippen LogP contribution >= 0.6 is 0 Å². The summed E-state index contributed by atoms with van der Waals surface area (Å²) in [5.74, 6) is -1.81. The summed E-state index contributed by atoms with van der Waals surface area (Å²) in [5, 5.41) is 20.1. The fourth-order valence-electron chi connectivity index (χ4n) is 5.22. The van der Waals surface area contributed by atoms with Gasteiger partial charge in [-0.3, -0.25) is 9.78 Å². The number of aromatic hydroxyl groups is 1. The largest absolute Gasteiger partial charge is 0.508 e. The summed E-state index contributed by atoms with van der Waals surface area (Å²) >= 11 is 0. The maximum atomic E-state index is 14.5. The number of nitrogens with one attached hydrogen (secondary N) is 2. The number of hydrogen-bond acceptors (Lipinski definition) is 7. The van der Waals surface area contributed by atoms with Gasteiger partial charge in [0.15, 0.2) is 0 Å². The Kier molecular flexibility index (Phi) is 6.46. The molecular weight excluding hydrogens is 480 g/mol. The van der Waals surface area contributed by atoms with Crippen molar-refractivity contribution in [3.8, 4) is 17.0 Å². The van der Waals surface area contributed by atoms with Crippen molar-refractivity contribution in [1.29, 1.82) is 0 Å². The quantitative estimate of drug-likeness (QED) is 0.323. The Morgan fingerprint density at radius 2 is 1.92 bits per heavy atom. The van der Waals surface area contributed by atoms with Crippen LogP contribution in [0.25, 0.3) is 16.8 Å². The zero-order chi connectivity index (χ0) is 26.3. The van der Waals surface area contributed by atoms with Gasteiger partial charge in [0.25, 0.3) is 0 Å². The molecule has 1 fully saturated rings. The smallest absolute Gasteiger partial charge is 0.229 e. The molecule has 0 radical (unpaired) electrons. The number of amides is 1. The van der Waals surface area contributed by atoms with Gasteiger partial charge in [-0.05, 0) is 48.4 Å². The SMILES string of the molecule is CC(=O)N[C@@H]1[C@H](N)C[C@H](c2ccncc2Nc2ncc3ccc(-c4c(F)cc(O)cc4F)nn23)C[C@@H]1C. The summed E-state index contributed by atoms with van der Waals surface area (Å²) in [6.07, 6.45) is 6.50. The molecule has 3 heterocycles. The van der Waals surface area contributed by atoms with Gasteiger partial charge in [-0.15, -0.1) is 0 Å². The van der Waals surface area contributed by atoms with E-state index < -0.39 is 17.4 Å². The van der Waals surface area contributed by atoms with E-state index in [-0.39, 0.29) is 41.1 Å². The number of hydrogen-bond donors (Lipinski definition) is 4. The number of halogens is 2. The van der Waals surface area contributed by atoms with Gasteiger partial charge in [0.1, 0.15) is 17.4 Å². The highest BCUT2D eigenvalue weighted by Crippen LogP contribution is 2.39. The zero-order valence-corrected chi connectivity index (χ0v) is 20.3. The summed E-state index contributed by atoms with van der Waals surface area (Å²) in [4.78, 5) is 20.3. The number of nitrogens with zero attached hydrogens (tertiary/aromatic N) is 4. The summed E-state index contributed by atoms with van der Waals surface area (Å²) in [6.45, 7) is 3.57. The first-order chi connectivity index (χ1) is 17.7. The van der Waals surface area contributed by atoms with Gasteiger partial charge >= 0.3 is 0 Å². The van der Waals surface area contributed by atoms with Crippen LogP contribution < -0.4 is 16.4 Å². The third kappa shape index (κ3) is 4.82. The van der Waals surface area contributed by atoms with E-state index in [0.717, 1.165) is 24.1 Å². The van der Waals surface area contributed by atoms with Gasteiger partial charge in [0.2, 0.25) is 11.9 Å². The molecule has 5 N–H and O–H groups in total. The van der Waals surface area contributed by atoms with Gasteiger partial charge < -0.3 is 21.5 Å². The van der Waals surface area contributed by atoms with Gasteiger partial charge in [-0.25, -0.2) is 13.8 Å². The minimum Gasteiger partial charge on any atom is -0.508 e. The van der Waals surface area contributed by atoms with Crippen molar-refractivity contribution in [3.05, 3.63) is 66.1 Å². The lowest BCUT2D eigenvalue weighted by atomic mass is 9.73. The molecule has 0 bridgehead atoms. The number of pyridine rings is 1. The Balaban J connectivity index is 1.46. The monoisotopic (exact) mass is 507 g/mol. The van der Waals surface area contributed by atoms with Crippen LogP contribution in [0.1, 0.15) is 38.2 Å². The Bertz CT molecular complexity index is 1440. The number of benzene rings is 1. The number of rotatable bonds is 5. The van der Waals surface area contributed by atoms with Crippen LogP contribution in [0.15, 0.2) is 48.9 Å². The lowest BCUT2D eigenvalue weighted by Crippen LogP contribution is -2.54. The second kappa shape index (κ2) is 9.74. The number of imidazole rings is 1. The average molecular weight is 508 g/mol. The summed E-state index contributed by atoms with van der Waals surface area (Å²) in [6, 6.07) is 6.46. The van der Waals surface area contributed by atoms with Crippen LogP contribution in [0.5, 0.6) is 5.75 Å². The molecule has 9 nitrogen and oxygen atoms in total. The van der Waals surface area contributed by atoms with E-state index >= 15 is 0 Å². The van der Waals surface area contributed by atoms with Gasteiger partial charge in [-0.2, -0.15) is 9.61 Å². The fraction of sp³-hybridized carbons (Fsp3) is 0.308. The maximum absolute atomic E-state index is 14.5. The van der Waals surface area contributed by atoms with Crippen molar-refractivity contribution in [2.75, 3.05) is 5.32 Å². The van der Waals surface area contributed by atoms with E-state index in [2.05, 4.69) is 32.6 Å². The van der Waals surface area contributed by atoms with Crippen molar-refractivity contribution < 1.29 is 18.7 Å². The molecule has 37 heavy (non-hydrogen) atoms. The second-order valence-electron chi connectivity index (χ2n) is 9.55. The van der Waals surface area contributed by atoms with Crippen molar-refractivity contribution in [2.24, 2.45) is 11.7 Å². The predicted molar refractivity (Wildman–Crippen MR) is 134 cm³/mol. The number of carbonyl (C=O) groups excluding carboxylic acids is 1. The molecule has 0 saturated heterocycles. The highest BCUT2D eigenvalue weighted by molar-refractivity contribution is 5.73. The van der Waals surface area contributed by atoms with Gasteiger partial charge in [0, 0.05) is 37.3 Å². The van der Waals surface area contributed by atoms with E-state index in [9.17, 15) is 18.7 Å². The zero-order valence-electron chi connectivity index (χ0n) is 20.3. The van der Waals surface area contributed by atoms with Crippen LogP contribution in [0.4, 0.5) is 20.4 Å². The standard InChI is InChI=1S/C26H27F2N7O2/c1-13-7-15(8-21(29)25(13)32-14(2)36)18-5-6-30-12-23(18)33-26-31-11-16-3-4-22(34-35(16)26)24-19(27)9-17(37)10-20(24)28/h3-6,9-13,15,21,25,37H,7-8,29H2,1-2H3,(H,31,33)(H,32,36)/t13-,15+,21+,25-/m0/s1. The number of phenolic OH excluding ortho intramolecular Hbond substituents is 1. The Hall–Kier alpha value is -4.12. The molecule has 1 saturated carbocycles. The third-order valence-electron chi connectivity index (χ3n) is 6.87. The molecule has 5 rings (SSSR count). The first-order valence-electron chi connectivity index (χ1n) is 12.0. The number of fused-ring (bicyclic) bond motifs is 1. The summed E-state index contributed by atoms with van der Waals surface area (Å²) in [7, 11) is 0. The molecular formula is C26H27F2N7O2. The second-order valence-corrected chi connectivity index (χ2v) is 9.55. The number of aromatic nitrogens is 4. The lowest BCUT2D eigenvalue weighted by molar-refractivity contribution is -0.120. The van der Waals surface area contributed by atoms with Crippen LogP contribution in [0.2, 0.25) is 0 Å². The molecule has 0 aliphatic heterocycles. The fourth-order valence-corrected chi connectivity index (χ4v) is 5.22. The predicted octanol–water partition coefficient (Wildman–Crippen LogP) is 3.86. The molecule has 192 valence electrons. The molecule has 1 aliphatic carbocycles. The normalized spacial score (nSPS) is 21.6. The molecule has 0 unspecified atom stereocenters. The molecule has 4 aromatic rings. The maximum Gasteiger partial charge on any atom is 0.229 e. The highest BCUT2D eigenvalue weighted by Gasteiger charge is 2.35. The van der Waals surface area contributed by atoms with Crippen LogP contribution in [-0.4, -0.2) is 42.7 Å². The minimum absolute atomic E-state index is 0.0473. The Morgan fingerprint density at radius 1 is 1.16 bits per heavy atom. The molecule has 4 atom stereocenters. The van der Waals surface area contributed by atoms with E-state index in [1.807, 2.05) is 6.07 Å².